The lowest BCUT2D eigenvalue weighted by Gasteiger charge is -2.29. The molecule has 0 aliphatic heterocycles. The zero-order valence-electron chi connectivity index (χ0n) is 13.7. The summed E-state index contributed by atoms with van der Waals surface area (Å²) in [6.45, 7) is 9.51. The molecule has 2 nitrogen and oxygen atoms in total. The van der Waals surface area contributed by atoms with Gasteiger partial charge in [0.1, 0.15) is 0 Å². The summed E-state index contributed by atoms with van der Waals surface area (Å²) in [4.78, 5) is 5.03. The van der Waals surface area contributed by atoms with E-state index in [2.05, 4.69) is 76.0 Å². The van der Waals surface area contributed by atoms with E-state index in [1.165, 1.54) is 21.0 Å². The Bertz CT molecular complexity index is 595. The smallest absolute Gasteiger partial charge is 0.0753 e. The second-order valence-corrected chi connectivity index (χ2v) is 7.77. The molecule has 1 unspecified atom stereocenters. The van der Waals surface area contributed by atoms with Crippen molar-refractivity contribution >= 4 is 17.0 Å². The van der Waals surface area contributed by atoms with Crippen LogP contribution in [0.1, 0.15) is 42.1 Å². The molecule has 0 bridgehead atoms. The molecular weight excluding hydrogens is 276 g/mol. The van der Waals surface area contributed by atoms with Gasteiger partial charge in [0.25, 0.3) is 0 Å². The number of benzene rings is 1. The van der Waals surface area contributed by atoms with Gasteiger partial charge in [0.15, 0.2) is 0 Å². The largest absolute Gasteiger partial charge is 0.365 e. The first-order valence-electron chi connectivity index (χ1n) is 7.42. The number of likely N-dealkylation sites (N-methyl/N-ethyl adjacent to an activating group) is 1. The predicted octanol–water partition coefficient (Wildman–Crippen LogP) is 4.49. The van der Waals surface area contributed by atoms with Crippen molar-refractivity contribution in [1.82, 2.24) is 0 Å². The van der Waals surface area contributed by atoms with E-state index in [9.17, 15) is 0 Å². The third-order valence-corrected chi connectivity index (χ3v) is 5.41. The van der Waals surface area contributed by atoms with Crippen LogP contribution in [-0.2, 0) is 5.41 Å². The van der Waals surface area contributed by atoms with Crippen molar-refractivity contribution in [2.45, 2.75) is 39.2 Å². The van der Waals surface area contributed by atoms with Gasteiger partial charge in [-0.05, 0) is 42.2 Å². The second kappa shape index (κ2) is 6.20. The van der Waals surface area contributed by atoms with Crippen LogP contribution in [-0.4, -0.2) is 13.6 Å². The van der Waals surface area contributed by atoms with Crippen LogP contribution in [0.2, 0.25) is 0 Å². The Labute approximate surface area is 132 Å². The van der Waals surface area contributed by atoms with Crippen LogP contribution >= 0.6 is 11.3 Å². The van der Waals surface area contributed by atoms with Crippen molar-refractivity contribution < 1.29 is 0 Å². The van der Waals surface area contributed by atoms with Gasteiger partial charge in [-0.25, -0.2) is 0 Å². The van der Waals surface area contributed by atoms with Crippen LogP contribution < -0.4 is 10.6 Å². The molecule has 0 aliphatic rings. The molecule has 1 aromatic carbocycles. The molecule has 0 spiro atoms. The fraction of sp³-hybridized carbons (Fsp3) is 0.444. The quantitative estimate of drug-likeness (QED) is 0.901. The van der Waals surface area contributed by atoms with Gasteiger partial charge in [-0.15, -0.1) is 11.3 Å². The topological polar surface area (TPSA) is 29.3 Å². The van der Waals surface area contributed by atoms with Crippen molar-refractivity contribution in [3.63, 3.8) is 0 Å². The normalized spacial score (nSPS) is 13.2. The molecule has 2 N–H and O–H groups in total. The fourth-order valence-corrected chi connectivity index (χ4v) is 3.65. The first kappa shape index (κ1) is 16.1. The molecule has 0 aliphatic carbocycles. The Morgan fingerprint density at radius 1 is 1.19 bits per heavy atom. The van der Waals surface area contributed by atoms with Crippen LogP contribution in [0.3, 0.4) is 0 Å². The Morgan fingerprint density at radius 2 is 1.90 bits per heavy atom. The lowest BCUT2D eigenvalue weighted by molar-refractivity contribution is 0.604. The zero-order chi connectivity index (χ0) is 15.6. The summed E-state index contributed by atoms with van der Waals surface area (Å²) in [5, 5.41) is 0. The number of aryl methyl sites for hydroxylation is 1. The summed E-state index contributed by atoms with van der Waals surface area (Å²) in [7, 11) is 2.13. The molecular formula is C18H26N2S. The van der Waals surface area contributed by atoms with Gasteiger partial charge in [-0.3, -0.25) is 0 Å². The standard InChI is InChI=1S/C18H26N2S/c1-13-7-6-8-14(11-13)20(5)15(12-19)16-9-10-17(21-16)18(2,3)4/h6-11,15H,12,19H2,1-5H3. The SMILES string of the molecule is Cc1cccc(N(C)C(CN)c2ccc(C(C)(C)C)s2)c1. The molecule has 0 radical (unpaired) electrons. The van der Waals surface area contributed by atoms with E-state index >= 15 is 0 Å². The molecule has 0 saturated carbocycles. The molecule has 2 aromatic rings. The summed E-state index contributed by atoms with van der Waals surface area (Å²) in [6.07, 6.45) is 0. The highest BCUT2D eigenvalue weighted by Gasteiger charge is 2.22. The Morgan fingerprint density at radius 3 is 2.43 bits per heavy atom. The molecule has 114 valence electrons. The highest BCUT2D eigenvalue weighted by atomic mass is 32.1. The first-order chi connectivity index (χ1) is 9.82. The number of rotatable bonds is 4. The number of anilines is 1. The average Bonchev–Trinajstić information content (AvgIpc) is 2.89. The van der Waals surface area contributed by atoms with Crippen LogP contribution in [0.5, 0.6) is 0 Å². The predicted molar refractivity (Wildman–Crippen MR) is 94.4 cm³/mol. The highest BCUT2D eigenvalue weighted by molar-refractivity contribution is 7.12. The summed E-state index contributed by atoms with van der Waals surface area (Å²) in [5.74, 6) is 0. The maximum absolute atomic E-state index is 6.06. The molecule has 0 fully saturated rings. The van der Waals surface area contributed by atoms with Crippen molar-refractivity contribution in [3.8, 4) is 0 Å². The van der Waals surface area contributed by atoms with Gasteiger partial charge in [0, 0.05) is 29.0 Å². The van der Waals surface area contributed by atoms with E-state index < -0.39 is 0 Å². The van der Waals surface area contributed by atoms with E-state index in [0.717, 1.165) is 0 Å². The van der Waals surface area contributed by atoms with Gasteiger partial charge in [-0.1, -0.05) is 32.9 Å². The number of nitrogens with two attached hydrogens (primary N) is 1. The van der Waals surface area contributed by atoms with Crippen LogP contribution in [0.4, 0.5) is 5.69 Å². The monoisotopic (exact) mass is 302 g/mol. The van der Waals surface area contributed by atoms with E-state index in [4.69, 9.17) is 5.73 Å². The average molecular weight is 302 g/mol. The van der Waals surface area contributed by atoms with Crippen molar-refractivity contribution in [3.05, 3.63) is 51.7 Å². The van der Waals surface area contributed by atoms with E-state index in [1.807, 2.05) is 11.3 Å². The molecule has 3 heteroatoms. The lowest BCUT2D eigenvalue weighted by atomic mass is 9.95. The van der Waals surface area contributed by atoms with Crippen LogP contribution in [0, 0.1) is 6.92 Å². The fourth-order valence-electron chi connectivity index (χ4n) is 2.43. The van der Waals surface area contributed by atoms with E-state index in [1.54, 1.807) is 0 Å². The number of hydrogen-bond donors (Lipinski definition) is 1. The van der Waals surface area contributed by atoms with Gasteiger partial charge in [-0.2, -0.15) is 0 Å². The van der Waals surface area contributed by atoms with Crippen LogP contribution in [0.15, 0.2) is 36.4 Å². The molecule has 0 amide bonds. The number of thiophene rings is 1. The number of nitrogens with zero attached hydrogens (tertiary/aromatic N) is 1. The summed E-state index contributed by atoms with van der Waals surface area (Å²) in [5.41, 5.74) is 8.76. The molecule has 1 aromatic heterocycles. The van der Waals surface area contributed by atoms with Gasteiger partial charge < -0.3 is 10.6 Å². The number of hydrogen-bond acceptors (Lipinski definition) is 3. The maximum Gasteiger partial charge on any atom is 0.0753 e. The minimum Gasteiger partial charge on any atom is -0.365 e. The third-order valence-electron chi connectivity index (χ3n) is 3.79. The molecule has 0 saturated heterocycles. The Balaban J connectivity index is 2.29. The van der Waals surface area contributed by atoms with Crippen molar-refractivity contribution in [2.75, 3.05) is 18.5 Å². The molecule has 1 atom stereocenters. The molecule has 21 heavy (non-hydrogen) atoms. The highest BCUT2D eigenvalue weighted by Crippen LogP contribution is 2.35. The Kier molecular flexibility index (Phi) is 4.74. The summed E-state index contributed by atoms with van der Waals surface area (Å²) >= 11 is 1.88. The van der Waals surface area contributed by atoms with Gasteiger partial charge in [0.2, 0.25) is 0 Å². The Hall–Kier alpha value is -1.32. The molecule has 1 heterocycles. The van der Waals surface area contributed by atoms with E-state index in [0.29, 0.717) is 6.54 Å². The van der Waals surface area contributed by atoms with Crippen LogP contribution in [0.25, 0.3) is 0 Å². The first-order valence-corrected chi connectivity index (χ1v) is 8.24. The minimum atomic E-state index is 0.198. The van der Waals surface area contributed by atoms with Crippen molar-refractivity contribution in [1.29, 1.82) is 0 Å². The molecule has 2 rings (SSSR count). The minimum absolute atomic E-state index is 0.198. The lowest BCUT2D eigenvalue weighted by Crippen LogP contribution is -2.29. The van der Waals surface area contributed by atoms with E-state index in [-0.39, 0.29) is 11.5 Å². The summed E-state index contributed by atoms with van der Waals surface area (Å²) in [6, 6.07) is 13.3. The summed E-state index contributed by atoms with van der Waals surface area (Å²) < 4.78 is 0. The zero-order valence-corrected chi connectivity index (χ0v) is 14.5. The third kappa shape index (κ3) is 3.66. The maximum atomic E-state index is 6.06. The second-order valence-electron chi connectivity index (χ2n) is 6.65. The van der Waals surface area contributed by atoms with Crippen molar-refractivity contribution in [2.24, 2.45) is 5.73 Å². The van der Waals surface area contributed by atoms with Gasteiger partial charge in [0.05, 0.1) is 6.04 Å². The van der Waals surface area contributed by atoms with Gasteiger partial charge >= 0.3 is 0 Å².